The molecule has 0 aromatic heterocycles. The molecule has 0 saturated carbocycles. The first kappa shape index (κ1) is 19.1. The summed E-state index contributed by atoms with van der Waals surface area (Å²) in [5, 5.41) is 11.7. The van der Waals surface area contributed by atoms with Crippen molar-refractivity contribution in [1.29, 1.82) is 0 Å². The number of carbonyl (C=O) groups is 1. The maximum absolute atomic E-state index is 13.2. The van der Waals surface area contributed by atoms with Crippen LogP contribution in [0.2, 0.25) is 0 Å². The zero-order valence-electron chi connectivity index (χ0n) is 15.5. The fourth-order valence-corrected chi connectivity index (χ4v) is 4.32. The summed E-state index contributed by atoms with van der Waals surface area (Å²) < 4.78 is 0. The van der Waals surface area contributed by atoms with Crippen molar-refractivity contribution in [2.24, 2.45) is 4.99 Å². The van der Waals surface area contributed by atoms with Gasteiger partial charge in [0.1, 0.15) is 0 Å². The van der Waals surface area contributed by atoms with Crippen LogP contribution in [0, 0.1) is 24.0 Å². The molecular formula is C20H21N3O3S. The first-order chi connectivity index (χ1) is 12.9. The van der Waals surface area contributed by atoms with Crippen LogP contribution in [0.3, 0.4) is 0 Å². The van der Waals surface area contributed by atoms with Gasteiger partial charge in [-0.15, -0.1) is 0 Å². The standard InChI is InChI=1S/C20H21N3O3S/c1-4-17-12-27-20(21-16-7-5-6-13(2)10-16)22(17)19(24)15-8-9-18(23(25)26)14(3)11-15/h5-11,17H,4,12H2,1-3H3/t17-/m1/s1. The van der Waals surface area contributed by atoms with E-state index in [-0.39, 0.29) is 17.6 Å². The van der Waals surface area contributed by atoms with Crippen molar-refractivity contribution in [3.8, 4) is 0 Å². The molecule has 140 valence electrons. The van der Waals surface area contributed by atoms with Crippen LogP contribution in [0.15, 0.2) is 47.5 Å². The van der Waals surface area contributed by atoms with E-state index in [4.69, 9.17) is 0 Å². The minimum absolute atomic E-state index is 0.0167. The number of hydrogen-bond donors (Lipinski definition) is 0. The predicted octanol–water partition coefficient (Wildman–Crippen LogP) is 4.87. The van der Waals surface area contributed by atoms with Gasteiger partial charge in [-0.05, 0) is 50.1 Å². The van der Waals surface area contributed by atoms with Crippen LogP contribution in [0.5, 0.6) is 0 Å². The quantitative estimate of drug-likeness (QED) is 0.558. The van der Waals surface area contributed by atoms with Gasteiger partial charge in [0.05, 0.1) is 10.6 Å². The number of aryl methyl sites for hydroxylation is 2. The SMILES string of the molecule is CC[C@@H]1CSC(=Nc2cccc(C)c2)N1C(=O)c1ccc([N+](=O)[O-])c(C)c1. The molecule has 1 atom stereocenters. The summed E-state index contributed by atoms with van der Waals surface area (Å²) in [5.41, 5.74) is 2.85. The number of rotatable bonds is 4. The smallest absolute Gasteiger partial charge is 0.272 e. The second kappa shape index (κ2) is 7.92. The highest BCUT2D eigenvalue weighted by atomic mass is 32.2. The van der Waals surface area contributed by atoms with Gasteiger partial charge in [-0.2, -0.15) is 0 Å². The fraction of sp³-hybridized carbons (Fsp3) is 0.300. The Balaban J connectivity index is 1.96. The number of aliphatic imine (C=N–C) groups is 1. The van der Waals surface area contributed by atoms with Crippen LogP contribution in [0.4, 0.5) is 11.4 Å². The summed E-state index contributed by atoms with van der Waals surface area (Å²) in [4.78, 5) is 30.2. The van der Waals surface area contributed by atoms with Gasteiger partial charge < -0.3 is 0 Å². The van der Waals surface area contributed by atoms with Crippen molar-refractivity contribution in [2.45, 2.75) is 33.2 Å². The molecule has 27 heavy (non-hydrogen) atoms. The first-order valence-corrected chi connectivity index (χ1v) is 9.76. The minimum Gasteiger partial charge on any atom is -0.283 e. The lowest BCUT2D eigenvalue weighted by molar-refractivity contribution is -0.385. The molecule has 1 saturated heterocycles. The molecule has 1 heterocycles. The summed E-state index contributed by atoms with van der Waals surface area (Å²) >= 11 is 1.57. The molecule has 3 rings (SSSR count). The summed E-state index contributed by atoms with van der Waals surface area (Å²) in [6, 6.07) is 12.4. The van der Waals surface area contributed by atoms with Crippen LogP contribution in [0.25, 0.3) is 0 Å². The number of amides is 1. The highest BCUT2D eigenvalue weighted by Gasteiger charge is 2.35. The molecule has 0 bridgehead atoms. The van der Waals surface area contributed by atoms with Crippen molar-refractivity contribution in [3.63, 3.8) is 0 Å². The Bertz CT molecular complexity index is 926. The van der Waals surface area contributed by atoms with Gasteiger partial charge in [-0.1, -0.05) is 30.8 Å². The molecule has 7 heteroatoms. The Hall–Kier alpha value is -2.67. The van der Waals surface area contributed by atoms with Gasteiger partial charge in [0, 0.05) is 29.0 Å². The van der Waals surface area contributed by atoms with Crippen LogP contribution >= 0.6 is 11.8 Å². The lowest BCUT2D eigenvalue weighted by Crippen LogP contribution is -2.39. The Morgan fingerprint density at radius 1 is 1.30 bits per heavy atom. The highest BCUT2D eigenvalue weighted by molar-refractivity contribution is 8.14. The summed E-state index contributed by atoms with van der Waals surface area (Å²) in [5.74, 6) is 0.620. The van der Waals surface area contributed by atoms with Crippen molar-refractivity contribution < 1.29 is 9.72 Å². The van der Waals surface area contributed by atoms with E-state index >= 15 is 0 Å². The monoisotopic (exact) mass is 383 g/mol. The second-order valence-electron chi connectivity index (χ2n) is 6.54. The third-order valence-electron chi connectivity index (χ3n) is 4.53. The van der Waals surface area contributed by atoms with E-state index in [0.29, 0.717) is 16.3 Å². The molecule has 0 aliphatic carbocycles. The largest absolute Gasteiger partial charge is 0.283 e. The third kappa shape index (κ3) is 4.03. The van der Waals surface area contributed by atoms with Gasteiger partial charge >= 0.3 is 0 Å². The Morgan fingerprint density at radius 3 is 2.70 bits per heavy atom. The summed E-state index contributed by atoms with van der Waals surface area (Å²) in [6.45, 7) is 5.69. The molecule has 1 fully saturated rings. The average molecular weight is 383 g/mol. The number of thioether (sulfide) groups is 1. The van der Waals surface area contributed by atoms with Gasteiger partial charge in [0.15, 0.2) is 5.17 Å². The number of carbonyl (C=O) groups excluding carboxylic acids is 1. The molecule has 0 radical (unpaired) electrons. The van der Waals surface area contributed by atoms with Crippen LogP contribution < -0.4 is 0 Å². The molecule has 2 aromatic carbocycles. The lowest BCUT2D eigenvalue weighted by Gasteiger charge is -2.23. The van der Waals surface area contributed by atoms with Crippen LogP contribution in [-0.2, 0) is 0 Å². The van der Waals surface area contributed by atoms with Gasteiger partial charge in [-0.25, -0.2) is 4.99 Å². The normalized spacial score (nSPS) is 18.1. The van der Waals surface area contributed by atoms with E-state index in [1.807, 2.05) is 38.1 Å². The van der Waals surface area contributed by atoms with E-state index in [0.717, 1.165) is 23.4 Å². The Kier molecular flexibility index (Phi) is 5.60. The fourth-order valence-electron chi connectivity index (χ4n) is 3.05. The molecule has 6 nitrogen and oxygen atoms in total. The zero-order chi connectivity index (χ0) is 19.6. The molecular weight excluding hydrogens is 362 g/mol. The van der Waals surface area contributed by atoms with Gasteiger partial charge in [0.2, 0.25) is 0 Å². The van der Waals surface area contributed by atoms with Crippen LogP contribution in [-0.4, -0.2) is 32.7 Å². The lowest BCUT2D eigenvalue weighted by atomic mass is 10.1. The van der Waals surface area contributed by atoms with E-state index in [2.05, 4.69) is 4.99 Å². The maximum Gasteiger partial charge on any atom is 0.272 e. The number of hydrogen-bond acceptors (Lipinski definition) is 5. The van der Waals surface area contributed by atoms with Crippen LogP contribution in [0.1, 0.15) is 34.8 Å². The van der Waals surface area contributed by atoms with Crippen molar-refractivity contribution in [1.82, 2.24) is 4.90 Å². The highest BCUT2D eigenvalue weighted by Crippen LogP contribution is 2.31. The number of nitrogens with zero attached hydrogens (tertiary/aromatic N) is 3. The summed E-state index contributed by atoms with van der Waals surface area (Å²) in [6.07, 6.45) is 0.817. The van der Waals surface area contributed by atoms with E-state index in [9.17, 15) is 14.9 Å². The van der Waals surface area contributed by atoms with E-state index in [1.54, 1.807) is 29.7 Å². The molecule has 1 aliphatic rings. The third-order valence-corrected chi connectivity index (χ3v) is 5.63. The Labute approximate surface area is 162 Å². The summed E-state index contributed by atoms with van der Waals surface area (Å²) in [7, 11) is 0. The average Bonchev–Trinajstić information content (AvgIpc) is 3.03. The van der Waals surface area contributed by atoms with Crippen molar-refractivity contribution in [2.75, 3.05) is 5.75 Å². The predicted molar refractivity (Wildman–Crippen MR) is 109 cm³/mol. The molecule has 1 amide bonds. The Morgan fingerprint density at radius 2 is 2.07 bits per heavy atom. The number of benzene rings is 2. The topological polar surface area (TPSA) is 75.8 Å². The molecule has 2 aromatic rings. The number of nitro benzene ring substituents is 1. The molecule has 0 N–H and O–H groups in total. The van der Waals surface area contributed by atoms with Gasteiger partial charge in [0.25, 0.3) is 11.6 Å². The number of amidine groups is 1. The molecule has 1 aliphatic heterocycles. The minimum atomic E-state index is -0.436. The molecule has 0 spiro atoms. The van der Waals surface area contributed by atoms with Crippen molar-refractivity contribution in [3.05, 3.63) is 69.3 Å². The first-order valence-electron chi connectivity index (χ1n) is 8.77. The zero-order valence-corrected chi connectivity index (χ0v) is 16.3. The molecule has 0 unspecified atom stereocenters. The van der Waals surface area contributed by atoms with Crippen molar-refractivity contribution >= 4 is 34.2 Å². The second-order valence-corrected chi connectivity index (χ2v) is 7.53. The number of nitro groups is 1. The maximum atomic E-state index is 13.2. The van der Waals surface area contributed by atoms with Gasteiger partial charge in [-0.3, -0.25) is 19.8 Å². The van der Waals surface area contributed by atoms with E-state index < -0.39 is 4.92 Å². The van der Waals surface area contributed by atoms with E-state index in [1.165, 1.54) is 12.1 Å².